The van der Waals surface area contributed by atoms with Crippen LogP contribution in [0.3, 0.4) is 0 Å². The molecule has 1 heterocycles. The number of hydrogen-bond acceptors (Lipinski definition) is 2. The van der Waals surface area contributed by atoms with E-state index in [2.05, 4.69) is 31.9 Å². The van der Waals surface area contributed by atoms with Gasteiger partial charge < -0.3 is 10.0 Å². The summed E-state index contributed by atoms with van der Waals surface area (Å²) in [4.78, 5) is 14.5. The second kappa shape index (κ2) is 6.75. The van der Waals surface area contributed by atoms with Crippen molar-refractivity contribution in [1.82, 2.24) is 4.90 Å². The van der Waals surface area contributed by atoms with Gasteiger partial charge >= 0.3 is 0 Å². The van der Waals surface area contributed by atoms with E-state index in [1.54, 1.807) is 18.2 Å². The number of alkyl halides is 1. The number of aromatic hydroxyl groups is 1. The smallest absolute Gasteiger partial charge is 0.257 e. The lowest BCUT2D eigenvalue weighted by atomic mass is 9.98. The molecule has 0 aliphatic carbocycles. The van der Waals surface area contributed by atoms with Gasteiger partial charge in [-0.25, -0.2) is 0 Å². The quantitative estimate of drug-likeness (QED) is 0.794. The van der Waals surface area contributed by atoms with Crippen molar-refractivity contribution in [3.8, 4) is 5.75 Å². The molecule has 0 aromatic heterocycles. The molecule has 0 saturated carbocycles. The third-order valence-electron chi connectivity index (χ3n) is 3.52. The highest BCUT2D eigenvalue weighted by Crippen LogP contribution is 2.27. The van der Waals surface area contributed by atoms with Crippen molar-refractivity contribution in [1.29, 1.82) is 0 Å². The van der Waals surface area contributed by atoms with E-state index in [0.29, 0.717) is 5.56 Å². The number of likely N-dealkylation sites (tertiary alicyclic amines) is 1. The van der Waals surface area contributed by atoms with Crippen molar-refractivity contribution in [2.75, 3.05) is 11.9 Å². The number of nitrogens with zero attached hydrogens (tertiary/aromatic N) is 1. The Hall–Kier alpha value is -0.550. The zero-order valence-electron chi connectivity index (χ0n) is 10.6. The minimum Gasteiger partial charge on any atom is -0.507 e. The minimum absolute atomic E-state index is 0.0440. The normalized spacial score (nSPS) is 19.5. The summed E-state index contributed by atoms with van der Waals surface area (Å²) in [6, 6.07) is 5.32. The summed E-state index contributed by atoms with van der Waals surface area (Å²) in [5, 5.41) is 10.8. The topological polar surface area (TPSA) is 40.5 Å². The number of rotatable bonds is 3. The van der Waals surface area contributed by atoms with Gasteiger partial charge in [-0.2, -0.15) is 0 Å². The third kappa shape index (κ3) is 3.51. The lowest BCUT2D eigenvalue weighted by Crippen LogP contribution is -2.43. The van der Waals surface area contributed by atoms with E-state index in [1.165, 1.54) is 6.42 Å². The van der Waals surface area contributed by atoms with E-state index in [4.69, 9.17) is 0 Å². The molecule has 1 N–H and O–H groups in total. The molecule has 1 fully saturated rings. The highest BCUT2D eigenvalue weighted by molar-refractivity contribution is 9.10. The Bertz CT molecular complexity index is 463. The third-order valence-corrected chi connectivity index (χ3v) is 4.47. The Balaban J connectivity index is 2.21. The number of phenols is 1. The van der Waals surface area contributed by atoms with Crippen molar-refractivity contribution < 1.29 is 9.90 Å². The Kier molecular flexibility index (Phi) is 5.28. The predicted molar refractivity (Wildman–Crippen MR) is 82.9 cm³/mol. The largest absolute Gasteiger partial charge is 0.507 e. The average Bonchev–Trinajstić information content (AvgIpc) is 2.39. The van der Waals surface area contributed by atoms with Crippen LogP contribution in [0, 0.1) is 0 Å². The first-order valence-electron chi connectivity index (χ1n) is 6.49. The first kappa shape index (κ1) is 14.9. The molecule has 1 atom stereocenters. The van der Waals surface area contributed by atoms with Crippen LogP contribution in [0.25, 0.3) is 0 Å². The van der Waals surface area contributed by atoms with Crippen molar-refractivity contribution in [2.45, 2.75) is 31.7 Å². The van der Waals surface area contributed by atoms with Gasteiger partial charge in [0.1, 0.15) is 5.75 Å². The van der Waals surface area contributed by atoms with Crippen molar-refractivity contribution in [2.24, 2.45) is 0 Å². The van der Waals surface area contributed by atoms with Crippen LogP contribution in [0.4, 0.5) is 0 Å². The van der Waals surface area contributed by atoms with Gasteiger partial charge in [0.2, 0.25) is 0 Å². The molecule has 104 valence electrons. The molecule has 0 spiro atoms. The van der Waals surface area contributed by atoms with Gasteiger partial charge in [-0.3, -0.25) is 4.79 Å². The van der Waals surface area contributed by atoms with Crippen molar-refractivity contribution in [3.63, 3.8) is 0 Å². The summed E-state index contributed by atoms with van der Waals surface area (Å²) in [5.41, 5.74) is 0.393. The van der Waals surface area contributed by atoms with Crippen LogP contribution in [0.1, 0.15) is 36.0 Å². The fraction of sp³-hybridized carbons (Fsp3) is 0.500. The van der Waals surface area contributed by atoms with Gasteiger partial charge in [0, 0.05) is 22.4 Å². The Morgan fingerprint density at radius 2 is 2.21 bits per heavy atom. The van der Waals surface area contributed by atoms with Crippen LogP contribution in [-0.4, -0.2) is 33.8 Å². The Morgan fingerprint density at radius 3 is 2.89 bits per heavy atom. The molecular weight excluding hydrogens is 374 g/mol. The maximum Gasteiger partial charge on any atom is 0.257 e. The first-order chi connectivity index (χ1) is 9.13. The molecule has 2 rings (SSSR count). The van der Waals surface area contributed by atoms with E-state index in [-0.39, 0.29) is 17.7 Å². The molecule has 1 aliphatic rings. The molecule has 1 saturated heterocycles. The van der Waals surface area contributed by atoms with Crippen molar-refractivity contribution >= 4 is 37.8 Å². The second-order valence-corrected chi connectivity index (χ2v) is 6.50. The highest BCUT2D eigenvalue weighted by Gasteiger charge is 2.28. The van der Waals surface area contributed by atoms with Crippen molar-refractivity contribution in [3.05, 3.63) is 28.2 Å². The SMILES string of the molecule is O=C(c1ccc(Br)cc1O)N1CCCCC1CCBr. The molecule has 1 amide bonds. The van der Waals surface area contributed by atoms with E-state index in [9.17, 15) is 9.90 Å². The average molecular weight is 391 g/mol. The fourth-order valence-electron chi connectivity index (χ4n) is 2.53. The number of hydrogen-bond donors (Lipinski definition) is 1. The molecule has 5 heteroatoms. The van der Waals surface area contributed by atoms with Crippen LogP contribution < -0.4 is 0 Å². The number of halogens is 2. The van der Waals surface area contributed by atoms with Gasteiger partial charge in [0.25, 0.3) is 5.91 Å². The molecule has 1 aliphatic heterocycles. The molecule has 3 nitrogen and oxygen atoms in total. The lowest BCUT2D eigenvalue weighted by Gasteiger charge is -2.35. The van der Waals surface area contributed by atoms with Gasteiger partial charge in [-0.05, 0) is 43.9 Å². The summed E-state index contributed by atoms with van der Waals surface area (Å²) in [6.07, 6.45) is 4.23. The van der Waals surface area contributed by atoms with Crippen LogP contribution >= 0.6 is 31.9 Å². The van der Waals surface area contributed by atoms with Gasteiger partial charge in [0.15, 0.2) is 0 Å². The van der Waals surface area contributed by atoms with E-state index in [0.717, 1.165) is 35.6 Å². The van der Waals surface area contributed by atoms with Gasteiger partial charge in [-0.15, -0.1) is 0 Å². The number of phenolic OH excluding ortho intramolecular Hbond substituents is 1. The van der Waals surface area contributed by atoms with Crippen LogP contribution in [0.15, 0.2) is 22.7 Å². The zero-order chi connectivity index (χ0) is 13.8. The second-order valence-electron chi connectivity index (χ2n) is 4.79. The molecule has 1 aromatic rings. The number of carbonyl (C=O) groups is 1. The zero-order valence-corrected chi connectivity index (χ0v) is 13.8. The Morgan fingerprint density at radius 1 is 1.42 bits per heavy atom. The molecule has 1 aromatic carbocycles. The summed E-state index contributed by atoms with van der Waals surface area (Å²) in [6.45, 7) is 0.784. The van der Waals surface area contributed by atoms with E-state index >= 15 is 0 Å². The number of carbonyl (C=O) groups excluding carboxylic acids is 1. The maximum absolute atomic E-state index is 12.6. The minimum atomic E-state index is -0.0596. The van der Waals surface area contributed by atoms with Gasteiger partial charge in [-0.1, -0.05) is 31.9 Å². The molecule has 19 heavy (non-hydrogen) atoms. The molecule has 0 bridgehead atoms. The fourth-order valence-corrected chi connectivity index (χ4v) is 3.41. The standard InChI is InChI=1S/C14H17Br2NO2/c15-7-6-11-3-1-2-8-17(11)14(19)12-5-4-10(16)9-13(12)18/h4-5,9,11,18H,1-3,6-8H2. The molecule has 1 unspecified atom stereocenters. The number of piperidine rings is 1. The Labute approximate surface area is 130 Å². The predicted octanol–water partition coefficient (Wildman–Crippen LogP) is 3.93. The lowest BCUT2D eigenvalue weighted by molar-refractivity contribution is 0.0607. The maximum atomic E-state index is 12.6. The van der Waals surface area contributed by atoms with Gasteiger partial charge in [0.05, 0.1) is 5.56 Å². The summed E-state index contributed by atoms with van der Waals surface area (Å²) in [5.74, 6) is -0.0156. The van der Waals surface area contributed by atoms with Crippen LogP contribution in [-0.2, 0) is 0 Å². The van der Waals surface area contributed by atoms with Crippen LogP contribution in [0.2, 0.25) is 0 Å². The van der Waals surface area contributed by atoms with E-state index < -0.39 is 0 Å². The first-order valence-corrected chi connectivity index (χ1v) is 8.40. The summed E-state index contributed by atoms with van der Waals surface area (Å²) < 4.78 is 0.775. The summed E-state index contributed by atoms with van der Waals surface area (Å²) >= 11 is 6.74. The number of benzene rings is 1. The monoisotopic (exact) mass is 389 g/mol. The van der Waals surface area contributed by atoms with Crippen LogP contribution in [0.5, 0.6) is 5.75 Å². The number of amides is 1. The molecular formula is C14H17Br2NO2. The molecule has 0 radical (unpaired) electrons. The summed E-state index contributed by atoms with van der Waals surface area (Å²) in [7, 11) is 0. The highest BCUT2D eigenvalue weighted by atomic mass is 79.9. The van der Waals surface area contributed by atoms with E-state index in [1.807, 2.05) is 4.90 Å².